The van der Waals surface area contributed by atoms with E-state index in [2.05, 4.69) is 39.7 Å². The molecule has 0 aliphatic rings. The number of aromatic nitrogens is 3. The maximum Gasteiger partial charge on any atom is 0.418 e. The van der Waals surface area contributed by atoms with E-state index in [9.17, 15) is 13.2 Å². The Morgan fingerprint density at radius 1 is 0.889 bits per heavy atom. The highest BCUT2D eigenvalue weighted by atomic mass is 19.4. The first-order chi connectivity index (χ1) is 12.8. The number of halogens is 3. The molecule has 0 unspecified atom stereocenters. The lowest BCUT2D eigenvalue weighted by molar-refractivity contribution is -0.136. The van der Waals surface area contributed by atoms with Crippen LogP contribution in [0.4, 0.5) is 36.3 Å². The molecule has 0 saturated heterocycles. The second-order valence-electron chi connectivity index (χ2n) is 6.20. The summed E-state index contributed by atoms with van der Waals surface area (Å²) in [6.07, 6.45) is -3.07. The standard InChI is InChI=1S/C19H18F3N5/c1-12(2)13-7-3-5-9-15(13)24-17-11-23-27-18(26-17)25-16-10-6-4-8-14(16)19(20,21)22/h3-12H,1-2H3,(H2,24,25,26,27). The molecule has 2 aromatic carbocycles. The van der Waals surface area contributed by atoms with Crippen LogP contribution in [0, 0.1) is 0 Å². The first-order valence-corrected chi connectivity index (χ1v) is 8.33. The van der Waals surface area contributed by atoms with E-state index in [4.69, 9.17) is 0 Å². The summed E-state index contributed by atoms with van der Waals surface area (Å²) in [5.74, 6) is 0.642. The van der Waals surface area contributed by atoms with Crippen molar-refractivity contribution in [2.24, 2.45) is 0 Å². The first-order valence-electron chi connectivity index (χ1n) is 8.33. The third kappa shape index (κ3) is 4.52. The largest absolute Gasteiger partial charge is 0.418 e. The highest BCUT2D eigenvalue weighted by Crippen LogP contribution is 2.35. The minimum Gasteiger partial charge on any atom is -0.339 e. The summed E-state index contributed by atoms with van der Waals surface area (Å²) in [6, 6.07) is 12.9. The molecule has 27 heavy (non-hydrogen) atoms. The van der Waals surface area contributed by atoms with Gasteiger partial charge in [0.25, 0.3) is 0 Å². The summed E-state index contributed by atoms with van der Waals surface area (Å²) in [5.41, 5.74) is 1.02. The number of benzene rings is 2. The van der Waals surface area contributed by atoms with Gasteiger partial charge in [-0.15, -0.1) is 5.10 Å². The van der Waals surface area contributed by atoms with E-state index in [1.165, 1.54) is 24.4 Å². The maximum atomic E-state index is 13.1. The summed E-state index contributed by atoms with van der Waals surface area (Å²) in [6.45, 7) is 4.14. The van der Waals surface area contributed by atoms with E-state index >= 15 is 0 Å². The van der Waals surface area contributed by atoms with E-state index in [0.29, 0.717) is 11.7 Å². The minimum absolute atomic E-state index is 0.0290. The van der Waals surface area contributed by atoms with Gasteiger partial charge in [0.2, 0.25) is 5.95 Å². The maximum absolute atomic E-state index is 13.1. The van der Waals surface area contributed by atoms with Crippen LogP contribution in [0.5, 0.6) is 0 Å². The average molecular weight is 373 g/mol. The summed E-state index contributed by atoms with van der Waals surface area (Å²) in [7, 11) is 0. The molecule has 3 rings (SSSR count). The van der Waals surface area contributed by atoms with Crippen molar-refractivity contribution in [3.63, 3.8) is 0 Å². The molecule has 0 atom stereocenters. The van der Waals surface area contributed by atoms with E-state index in [-0.39, 0.29) is 11.6 Å². The van der Waals surface area contributed by atoms with Gasteiger partial charge in [-0.25, -0.2) is 0 Å². The third-order valence-corrected chi connectivity index (χ3v) is 3.88. The van der Waals surface area contributed by atoms with E-state index in [1.807, 2.05) is 24.3 Å². The predicted octanol–water partition coefficient (Wildman–Crippen LogP) is 5.50. The molecule has 8 heteroatoms. The summed E-state index contributed by atoms with van der Waals surface area (Å²) < 4.78 is 39.4. The second kappa shape index (κ2) is 7.61. The Kier molecular flexibility index (Phi) is 5.25. The van der Waals surface area contributed by atoms with E-state index in [0.717, 1.165) is 17.3 Å². The molecule has 5 nitrogen and oxygen atoms in total. The van der Waals surface area contributed by atoms with Crippen molar-refractivity contribution in [1.82, 2.24) is 15.2 Å². The Morgan fingerprint density at radius 3 is 2.26 bits per heavy atom. The lowest BCUT2D eigenvalue weighted by atomic mass is 10.0. The molecular weight excluding hydrogens is 355 g/mol. The van der Waals surface area contributed by atoms with Gasteiger partial charge in [0.15, 0.2) is 5.82 Å². The highest BCUT2D eigenvalue weighted by Gasteiger charge is 2.33. The van der Waals surface area contributed by atoms with Gasteiger partial charge in [-0.1, -0.05) is 44.2 Å². The molecule has 2 N–H and O–H groups in total. The molecule has 0 aliphatic heterocycles. The number of nitrogens with zero attached hydrogens (tertiary/aromatic N) is 3. The zero-order chi connectivity index (χ0) is 19.4. The molecular formula is C19H18F3N5. The molecule has 0 amide bonds. The van der Waals surface area contributed by atoms with Crippen molar-refractivity contribution in [3.05, 3.63) is 65.9 Å². The van der Waals surface area contributed by atoms with Crippen molar-refractivity contribution >= 4 is 23.1 Å². The van der Waals surface area contributed by atoms with Crippen molar-refractivity contribution < 1.29 is 13.2 Å². The van der Waals surface area contributed by atoms with Crippen molar-refractivity contribution in [2.75, 3.05) is 10.6 Å². The molecule has 0 radical (unpaired) electrons. The Hall–Kier alpha value is -3.16. The lowest BCUT2D eigenvalue weighted by Gasteiger charge is -2.15. The first kappa shape index (κ1) is 18.6. The van der Waals surface area contributed by atoms with Gasteiger partial charge in [-0.3, -0.25) is 0 Å². The molecule has 1 heterocycles. The van der Waals surface area contributed by atoms with Crippen molar-refractivity contribution in [3.8, 4) is 0 Å². The van der Waals surface area contributed by atoms with Gasteiger partial charge in [-0.2, -0.15) is 23.3 Å². The van der Waals surface area contributed by atoms with Crippen LogP contribution >= 0.6 is 0 Å². The van der Waals surface area contributed by atoms with Crippen molar-refractivity contribution in [2.45, 2.75) is 25.9 Å². The molecule has 1 aromatic heterocycles. The minimum atomic E-state index is -4.48. The summed E-state index contributed by atoms with van der Waals surface area (Å²) in [5, 5.41) is 13.3. The normalized spacial score (nSPS) is 11.5. The van der Waals surface area contributed by atoms with E-state index in [1.54, 1.807) is 0 Å². The van der Waals surface area contributed by atoms with Gasteiger partial charge in [-0.05, 0) is 29.7 Å². The Morgan fingerprint density at radius 2 is 1.56 bits per heavy atom. The van der Waals surface area contributed by atoms with Crippen LogP contribution in [0.1, 0.15) is 30.9 Å². The fourth-order valence-corrected chi connectivity index (χ4v) is 2.63. The highest BCUT2D eigenvalue weighted by molar-refractivity contribution is 5.63. The fraction of sp³-hybridized carbons (Fsp3) is 0.211. The van der Waals surface area contributed by atoms with Crippen LogP contribution in [0.3, 0.4) is 0 Å². The number of hydrogen-bond acceptors (Lipinski definition) is 5. The second-order valence-corrected chi connectivity index (χ2v) is 6.20. The van der Waals surface area contributed by atoms with Crippen LogP contribution < -0.4 is 10.6 Å². The fourth-order valence-electron chi connectivity index (χ4n) is 2.63. The molecule has 3 aromatic rings. The van der Waals surface area contributed by atoms with Crippen LogP contribution in [0.15, 0.2) is 54.7 Å². The topological polar surface area (TPSA) is 62.7 Å². The number of rotatable bonds is 5. The quantitative estimate of drug-likeness (QED) is 0.618. The summed E-state index contributed by atoms with van der Waals surface area (Å²) >= 11 is 0. The Bertz CT molecular complexity index is 925. The molecule has 0 bridgehead atoms. The van der Waals surface area contributed by atoms with Gasteiger partial charge in [0.1, 0.15) is 0 Å². The lowest BCUT2D eigenvalue weighted by Crippen LogP contribution is -2.10. The van der Waals surface area contributed by atoms with Gasteiger partial charge in [0.05, 0.1) is 17.4 Å². The number of hydrogen-bond donors (Lipinski definition) is 2. The number of alkyl halides is 3. The Labute approximate surface area is 154 Å². The SMILES string of the molecule is CC(C)c1ccccc1Nc1cnnc(Nc2ccccc2C(F)(F)F)n1. The average Bonchev–Trinajstić information content (AvgIpc) is 2.62. The summed E-state index contributed by atoms with van der Waals surface area (Å²) in [4.78, 5) is 4.22. The number of nitrogens with one attached hydrogen (secondary N) is 2. The molecule has 0 saturated carbocycles. The zero-order valence-corrected chi connectivity index (χ0v) is 14.7. The molecule has 0 fully saturated rings. The van der Waals surface area contributed by atoms with Crippen LogP contribution in [-0.4, -0.2) is 15.2 Å². The zero-order valence-electron chi connectivity index (χ0n) is 14.7. The number of anilines is 4. The Balaban J connectivity index is 1.86. The van der Waals surface area contributed by atoms with Gasteiger partial charge in [0, 0.05) is 5.69 Å². The smallest absolute Gasteiger partial charge is 0.339 e. The van der Waals surface area contributed by atoms with E-state index < -0.39 is 11.7 Å². The van der Waals surface area contributed by atoms with Gasteiger partial charge >= 0.3 is 6.18 Å². The van der Waals surface area contributed by atoms with Gasteiger partial charge < -0.3 is 10.6 Å². The van der Waals surface area contributed by atoms with Crippen molar-refractivity contribution in [1.29, 1.82) is 0 Å². The van der Waals surface area contributed by atoms with Crippen LogP contribution in [0.25, 0.3) is 0 Å². The predicted molar refractivity (Wildman–Crippen MR) is 98.4 cm³/mol. The third-order valence-electron chi connectivity index (χ3n) is 3.88. The number of para-hydroxylation sites is 2. The monoisotopic (exact) mass is 373 g/mol. The molecule has 140 valence electrons. The molecule has 0 spiro atoms. The molecule has 0 aliphatic carbocycles. The van der Waals surface area contributed by atoms with Crippen LogP contribution in [0.2, 0.25) is 0 Å². The van der Waals surface area contributed by atoms with Crippen LogP contribution in [-0.2, 0) is 6.18 Å².